The Kier molecular flexibility index (Phi) is 14.3. The summed E-state index contributed by atoms with van der Waals surface area (Å²) < 4.78 is -0.939. The summed E-state index contributed by atoms with van der Waals surface area (Å²) in [5, 5.41) is 32.2. The third-order valence-corrected chi connectivity index (χ3v) is 7.14. The number of hydroxylamine groups is 3. The topological polar surface area (TPSA) is 94.8 Å². The number of hydrogen-bond acceptors (Lipinski definition) is 3. The van der Waals surface area contributed by atoms with E-state index in [1.165, 1.54) is 12.8 Å². The van der Waals surface area contributed by atoms with E-state index in [0.29, 0.717) is 19.3 Å². The lowest BCUT2D eigenvalue weighted by Gasteiger charge is -2.51. The first kappa shape index (κ1) is 29.9. The van der Waals surface area contributed by atoms with Gasteiger partial charge < -0.3 is 10.2 Å². The van der Waals surface area contributed by atoms with Crippen LogP contribution in [0.15, 0.2) is 0 Å². The first-order valence-corrected chi connectivity index (χ1v) is 12.6. The summed E-state index contributed by atoms with van der Waals surface area (Å²) in [6, 6.07) is 0. The van der Waals surface area contributed by atoms with Crippen LogP contribution >= 0.6 is 0 Å². The molecule has 0 aromatic rings. The molecular weight excluding hydrogens is 394 g/mol. The van der Waals surface area contributed by atoms with Gasteiger partial charge in [-0.1, -0.05) is 85.0 Å². The van der Waals surface area contributed by atoms with E-state index < -0.39 is 27.7 Å². The molecule has 0 fully saturated rings. The fourth-order valence-electron chi connectivity index (χ4n) is 4.76. The van der Waals surface area contributed by atoms with Crippen molar-refractivity contribution in [3.8, 4) is 0 Å². The van der Waals surface area contributed by atoms with Crippen molar-refractivity contribution in [1.29, 1.82) is 0 Å². The van der Waals surface area contributed by atoms with Crippen molar-refractivity contribution < 1.29 is 29.7 Å². The lowest BCUT2D eigenvalue weighted by Crippen LogP contribution is -2.76. The number of carboxylic acid groups (broad SMARTS) is 2. The van der Waals surface area contributed by atoms with E-state index in [2.05, 4.69) is 13.8 Å². The number of rotatable bonds is 20. The van der Waals surface area contributed by atoms with Crippen molar-refractivity contribution in [3.05, 3.63) is 0 Å². The van der Waals surface area contributed by atoms with Crippen molar-refractivity contribution >= 4 is 11.9 Å². The Morgan fingerprint density at radius 2 is 0.935 bits per heavy atom. The Balaban J connectivity index is 5.58. The molecule has 31 heavy (non-hydrogen) atoms. The molecule has 0 rings (SSSR count). The molecule has 184 valence electrons. The van der Waals surface area contributed by atoms with Crippen LogP contribution in [-0.4, -0.2) is 49.6 Å². The molecule has 6 heteroatoms. The molecule has 0 saturated heterocycles. The van der Waals surface area contributed by atoms with Gasteiger partial charge in [0.15, 0.2) is 0 Å². The molecule has 2 unspecified atom stereocenters. The van der Waals surface area contributed by atoms with Crippen LogP contribution in [0.4, 0.5) is 0 Å². The number of carbonyl (C=O) groups is 2. The molecular formula is C25H50NO5+. The number of quaternary nitrogens is 1. The summed E-state index contributed by atoms with van der Waals surface area (Å²) in [5.41, 5.74) is -3.12. The van der Waals surface area contributed by atoms with Gasteiger partial charge in [-0.2, -0.15) is 4.65 Å². The first-order valence-electron chi connectivity index (χ1n) is 12.6. The second kappa shape index (κ2) is 14.8. The summed E-state index contributed by atoms with van der Waals surface area (Å²) in [7, 11) is 0. The molecule has 0 aromatic carbocycles. The zero-order valence-electron chi connectivity index (χ0n) is 20.9. The van der Waals surface area contributed by atoms with Crippen LogP contribution in [0.1, 0.15) is 131 Å². The highest BCUT2D eigenvalue weighted by molar-refractivity contribution is 5.80. The van der Waals surface area contributed by atoms with Gasteiger partial charge in [0.2, 0.25) is 11.1 Å². The minimum absolute atomic E-state index is 0.108. The van der Waals surface area contributed by atoms with Crippen LogP contribution < -0.4 is 0 Å². The highest BCUT2D eigenvalue weighted by Gasteiger charge is 2.65. The quantitative estimate of drug-likeness (QED) is 0.109. The standard InChI is InChI=1S/C25H49NO5/c1-6-9-11-13-15-17-19-24(4,22(27)28)26(31,21-8-3)25(5,23(29)30)20-18-16-14-12-10-7-2/h31H,6-21H2,1-5H3,(H-,27,28,29,30)/p+1. The summed E-state index contributed by atoms with van der Waals surface area (Å²) >= 11 is 0. The molecule has 0 spiro atoms. The predicted octanol–water partition coefficient (Wildman–Crippen LogP) is 6.79. The van der Waals surface area contributed by atoms with E-state index in [1.54, 1.807) is 13.8 Å². The maximum atomic E-state index is 12.5. The van der Waals surface area contributed by atoms with E-state index in [1.807, 2.05) is 6.92 Å². The summed E-state index contributed by atoms with van der Waals surface area (Å²) in [6.45, 7) is 9.36. The van der Waals surface area contributed by atoms with Crippen molar-refractivity contribution in [2.45, 2.75) is 142 Å². The molecule has 3 N–H and O–H groups in total. The Morgan fingerprint density at radius 1 is 0.613 bits per heavy atom. The Morgan fingerprint density at radius 3 is 1.23 bits per heavy atom. The van der Waals surface area contributed by atoms with Crippen LogP contribution in [0.5, 0.6) is 0 Å². The third kappa shape index (κ3) is 8.05. The van der Waals surface area contributed by atoms with E-state index in [9.17, 15) is 25.0 Å². The van der Waals surface area contributed by atoms with Crippen LogP contribution in [0, 0.1) is 0 Å². The highest BCUT2D eigenvalue weighted by Crippen LogP contribution is 2.41. The molecule has 0 amide bonds. The van der Waals surface area contributed by atoms with Gasteiger partial charge in [0.1, 0.15) is 6.54 Å². The maximum absolute atomic E-state index is 12.5. The van der Waals surface area contributed by atoms with E-state index in [4.69, 9.17) is 0 Å². The average Bonchev–Trinajstić information content (AvgIpc) is 2.72. The minimum Gasteiger partial charge on any atom is -0.477 e. The SMILES string of the molecule is CCCCCCCCC(C)(C(=O)O)[N+](O)(CCC)C(C)(CCCCCCCC)C(=O)O. The predicted molar refractivity (Wildman–Crippen MR) is 125 cm³/mol. The van der Waals surface area contributed by atoms with Crippen LogP contribution in [0.25, 0.3) is 0 Å². The lowest BCUT2D eigenvalue weighted by atomic mass is 9.82. The number of unbranched alkanes of at least 4 members (excludes halogenated alkanes) is 10. The Labute approximate surface area is 190 Å². The lowest BCUT2D eigenvalue weighted by molar-refractivity contribution is -1.16. The van der Waals surface area contributed by atoms with E-state index in [0.717, 1.165) is 51.4 Å². The molecule has 2 atom stereocenters. The largest absolute Gasteiger partial charge is 0.477 e. The Hall–Kier alpha value is -1.14. The molecule has 0 radical (unpaired) electrons. The highest BCUT2D eigenvalue weighted by atomic mass is 16.6. The molecule has 0 aromatic heterocycles. The molecule has 0 aliphatic rings. The van der Waals surface area contributed by atoms with Crippen molar-refractivity contribution in [2.75, 3.05) is 6.54 Å². The smallest absolute Gasteiger partial charge is 0.368 e. The number of nitrogens with zero attached hydrogens (tertiary/aromatic N) is 1. The van der Waals surface area contributed by atoms with Gasteiger partial charge in [-0.05, 0) is 19.3 Å². The van der Waals surface area contributed by atoms with Gasteiger partial charge in [-0.15, -0.1) is 0 Å². The molecule has 6 nitrogen and oxygen atoms in total. The van der Waals surface area contributed by atoms with Crippen molar-refractivity contribution in [2.24, 2.45) is 0 Å². The normalized spacial score (nSPS) is 17.5. The first-order chi connectivity index (χ1) is 14.6. The van der Waals surface area contributed by atoms with Crippen LogP contribution in [0.2, 0.25) is 0 Å². The van der Waals surface area contributed by atoms with Gasteiger partial charge >= 0.3 is 11.9 Å². The van der Waals surface area contributed by atoms with Crippen molar-refractivity contribution in [1.82, 2.24) is 0 Å². The fourth-order valence-corrected chi connectivity index (χ4v) is 4.76. The molecule has 0 saturated carbocycles. The second-order valence-electron chi connectivity index (χ2n) is 9.69. The van der Waals surface area contributed by atoms with Crippen LogP contribution in [0.3, 0.4) is 0 Å². The maximum Gasteiger partial charge on any atom is 0.368 e. The summed E-state index contributed by atoms with van der Waals surface area (Å²) in [5.74, 6) is -2.24. The molecule has 0 aliphatic carbocycles. The number of carboxylic acids is 2. The molecule has 0 bridgehead atoms. The van der Waals surface area contributed by atoms with E-state index >= 15 is 0 Å². The summed E-state index contributed by atoms with van der Waals surface area (Å²) in [4.78, 5) is 24.9. The van der Waals surface area contributed by atoms with E-state index in [-0.39, 0.29) is 19.4 Å². The third-order valence-electron chi connectivity index (χ3n) is 7.14. The van der Waals surface area contributed by atoms with Crippen LogP contribution in [-0.2, 0) is 9.59 Å². The van der Waals surface area contributed by atoms with Gasteiger partial charge in [-0.3, -0.25) is 0 Å². The fraction of sp³-hybridized carbons (Fsp3) is 0.920. The van der Waals surface area contributed by atoms with Crippen molar-refractivity contribution in [3.63, 3.8) is 0 Å². The number of hydrogen-bond donors (Lipinski definition) is 3. The molecule has 0 heterocycles. The summed E-state index contributed by atoms with van der Waals surface area (Å²) in [6.07, 6.45) is 13.1. The average molecular weight is 445 g/mol. The second-order valence-corrected chi connectivity index (χ2v) is 9.69. The zero-order chi connectivity index (χ0) is 24.0. The van der Waals surface area contributed by atoms with Gasteiger partial charge in [0, 0.05) is 26.7 Å². The molecule has 0 aliphatic heterocycles. The monoisotopic (exact) mass is 444 g/mol. The number of aliphatic carboxylic acids is 2. The Bertz CT molecular complexity index is 484. The van der Waals surface area contributed by atoms with Gasteiger partial charge in [0.25, 0.3) is 0 Å². The van der Waals surface area contributed by atoms with Gasteiger partial charge in [0.05, 0.1) is 0 Å². The zero-order valence-corrected chi connectivity index (χ0v) is 20.9. The minimum atomic E-state index is -1.56. The van der Waals surface area contributed by atoms with Gasteiger partial charge in [-0.25, -0.2) is 14.8 Å².